The van der Waals surface area contributed by atoms with Crippen molar-refractivity contribution in [2.24, 2.45) is 5.92 Å². The molecule has 8 nitrogen and oxygen atoms in total. The first-order valence-corrected chi connectivity index (χ1v) is 14.6. The molecule has 0 saturated carbocycles. The van der Waals surface area contributed by atoms with E-state index in [4.69, 9.17) is 9.47 Å². The van der Waals surface area contributed by atoms with E-state index in [1.807, 2.05) is 25.1 Å². The number of rotatable bonds is 8. The fourth-order valence-electron chi connectivity index (χ4n) is 6.12. The quantitative estimate of drug-likeness (QED) is 0.254. The van der Waals surface area contributed by atoms with Gasteiger partial charge in [-0.1, -0.05) is 29.8 Å². The summed E-state index contributed by atoms with van der Waals surface area (Å²) in [5, 5.41) is 13.0. The molecule has 11 heteroatoms. The van der Waals surface area contributed by atoms with Crippen LogP contribution in [0.15, 0.2) is 54.7 Å². The van der Waals surface area contributed by atoms with Gasteiger partial charge in [0, 0.05) is 31.8 Å². The van der Waals surface area contributed by atoms with Gasteiger partial charge in [-0.25, -0.2) is 14.5 Å². The van der Waals surface area contributed by atoms with Crippen molar-refractivity contribution in [1.29, 1.82) is 0 Å². The number of hydrogen-bond donors (Lipinski definition) is 1. The van der Waals surface area contributed by atoms with E-state index in [1.165, 1.54) is 22.8 Å². The number of alkyl halides is 3. The Balaban J connectivity index is 1.24. The number of aromatic carboxylic acids is 1. The minimum Gasteiger partial charge on any atom is -0.488 e. The number of benzene rings is 2. The molecule has 0 spiro atoms. The molecule has 44 heavy (non-hydrogen) atoms. The van der Waals surface area contributed by atoms with Gasteiger partial charge in [0.15, 0.2) is 11.5 Å². The van der Waals surface area contributed by atoms with Crippen LogP contribution in [0.4, 0.5) is 13.2 Å². The Bertz CT molecular complexity index is 1700. The summed E-state index contributed by atoms with van der Waals surface area (Å²) in [6.07, 6.45) is -2.16. The summed E-state index contributed by atoms with van der Waals surface area (Å²) >= 11 is 0. The molecular formula is C33H33F3N4O4. The Morgan fingerprint density at radius 2 is 2.00 bits per heavy atom. The summed E-state index contributed by atoms with van der Waals surface area (Å²) < 4.78 is 53.9. The van der Waals surface area contributed by atoms with Crippen LogP contribution in [0.3, 0.4) is 0 Å². The molecule has 1 N–H and O–H groups in total. The second-order valence-corrected chi connectivity index (χ2v) is 11.5. The summed E-state index contributed by atoms with van der Waals surface area (Å²) in [5.74, 6) is -0.736. The molecule has 1 unspecified atom stereocenters. The molecule has 6 rings (SSSR count). The van der Waals surface area contributed by atoms with Gasteiger partial charge < -0.3 is 14.6 Å². The van der Waals surface area contributed by atoms with Crippen LogP contribution in [0.1, 0.15) is 50.3 Å². The molecule has 0 amide bonds. The van der Waals surface area contributed by atoms with Crippen molar-refractivity contribution >= 4 is 5.97 Å². The molecule has 2 aliphatic heterocycles. The van der Waals surface area contributed by atoms with E-state index < -0.39 is 23.4 Å². The van der Waals surface area contributed by atoms with E-state index in [2.05, 4.69) is 34.0 Å². The normalized spacial score (nSPS) is 17.1. The van der Waals surface area contributed by atoms with E-state index in [-0.39, 0.29) is 5.82 Å². The molecule has 2 aliphatic rings. The van der Waals surface area contributed by atoms with E-state index >= 15 is 0 Å². The highest BCUT2D eigenvalue weighted by Crippen LogP contribution is 2.35. The standard InChI is InChI=1S/C33H33F3N4O4/c1-20-6-9-29(44-19-24-8-7-23-17-39(12-10-25(23)21(24)2)16-22-11-13-43-18-22)26(14-20)28-4-3-5-30(38-28)40-31(33(34,35)36)27(15-37-40)32(41)42/h3-9,14-15,22H,10-13,16-19H2,1-2H3,(H,41,42). The molecule has 4 heterocycles. The number of hydrogen-bond acceptors (Lipinski definition) is 6. The lowest BCUT2D eigenvalue weighted by atomic mass is 9.91. The maximum atomic E-state index is 13.9. The number of carboxylic acid groups (broad SMARTS) is 1. The van der Waals surface area contributed by atoms with Crippen molar-refractivity contribution in [2.45, 2.75) is 46.0 Å². The number of pyridine rings is 1. The van der Waals surface area contributed by atoms with Crippen molar-refractivity contribution in [3.63, 3.8) is 0 Å². The zero-order valence-electron chi connectivity index (χ0n) is 24.5. The van der Waals surface area contributed by atoms with Gasteiger partial charge >= 0.3 is 12.1 Å². The third-order valence-corrected chi connectivity index (χ3v) is 8.43. The summed E-state index contributed by atoms with van der Waals surface area (Å²) in [6, 6.07) is 14.5. The lowest BCUT2D eigenvalue weighted by molar-refractivity contribution is -0.143. The zero-order chi connectivity index (χ0) is 31.0. The second kappa shape index (κ2) is 12.0. The minimum atomic E-state index is -4.95. The molecule has 1 atom stereocenters. The molecule has 0 radical (unpaired) electrons. The van der Waals surface area contributed by atoms with Gasteiger partial charge in [0.05, 0.1) is 18.5 Å². The van der Waals surface area contributed by atoms with Crippen LogP contribution in [0.2, 0.25) is 0 Å². The number of carboxylic acids is 1. The second-order valence-electron chi connectivity index (χ2n) is 11.5. The Hall–Kier alpha value is -4.22. The van der Waals surface area contributed by atoms with Gasteiger partial charge in [-0.15, -0.1) is 0 Å². The van der Waals surface area contributed by atoms with Crippen molar-refractivity contribution in [2.75, 3.05) is 26.3 Å². The highest BCUT2D eigenvalue weighted by Gasteiger charge is 2.41. The molecule has 230 valence electrons. The maximum absolute atomic E-state index is 13.9. The number of nitrogens with zero attached hydrogens (tertiary/aromatic N) is 4. The van der Waals surface area contributed by atoms with E-state index in [0.717, 1.165) is 56.8 Å². The lowest BCUT2D eigenvalue weighted by Gasteiger charge is -2.32. The van der Waals surface area contributed by atoms with Gasteiger partial charge in [0.1, 0.15) is 17.9 Å². The van der Waals surface area contributed by atoms with Crippen LogP contribution < -0.4 is 4.74 Å². The highest BCUT2D eigenvalue weighted by atomic mass is 19.4. The Kier molecular flexibility index (Phi) is 8.17. The molecule has 4 aromatic rings. The van der Waals surface area contributed by atoms with E-state index in [1.54, 1.807) is 12.1 Å². The van der Waals surface area contributed by atoms with Crippen molar-refractivity contribution < 1.29 is 32.5 Å². The van der Waals surface area contributed by atoms with Crippen molar-refractivity contribution in [1.82, 2.24) is 19.7 Å². The highest BCUT2D eigenvalue weighted by molar-refractivity contribution is 5.89. The Morgan fingerprint density at radius 3 is 2.75 bits per heavy atom. The van der Waals surface area contributed by atoms with Crippen LogP contribution in [-0.4, -0.2) is 57.0 Å². The van der Waals surface area contributed by atoms with Gasteiger partial charge in [-0.2, -0.15) is 18.3 Å². The zero-order valence-corrected chi connectivity index (χ0v) is 24.5. The van der Waals surface area contributed by atoms with Gasteiger partial charge in [0.25, 0.3) is 0 Å². The predicted molar refractivity (Wildman–Crippen MR) is 157 cm³/mol. The van der Waals surface area contributed by atoms with Gasteiger partial charge in [-0.05, 0) is 79.1 Å². The van der Waals surface area contributed by atoms with Crippen molar-refractivity contribution in [3.8, 4) is 22.8 Å². The molecule has 1 fully saturated rings. The number of aryl methyl sites for hydroxylation is 1. The number of ether oxygens (including phenoxy) is 2. The lowest BCUT2D eigenvalue weighted by Crippen LogP contribution is -2.35. The molecule has 1 saturated heterocycles. The predicted octanol–water partition coefficient (Wildman–Crippen LogP) is 6.24. The molecule has 2 aromatic carbocycles. The van der Waals surface area contributed by atoms with Crippen LogP contribution in [0.5, 0.6) is 5.75 Å². The van der Waals surface area contributed by atoms with Crippen LogP contribution in [-0.2, 0) is 30.5 Å². The molecular weight excluding hydrogens is 573 g/mol. The monoisotopic (exact) mass is 606 g/mol. The van der Waals surface area contributed by atoms with Crippen LogP contribution in [0, 0.1) is 19.8 Å². The molecule has 2 aromatic heterocycles. The minimum absolute atomic E-state index is 0.158. The first kappa shape index (κ1) is 29.8. The fourth-order valence-corrected chi connectivity index (χ4v) is 6.12. The number of fused-ring (bicyclic) bond motifs is 1. The third-order valence-electron chi connectivity index (χ3n) is 8.43. The summed E-state index contributed by atoms with van der Waals surface area (Å²) in [6.45, 7) is 9.07. The molecule has 0 aliphatic carbocycles. The average Bonchev–Trinajstić information content (AvgIpc) is 3.68. The summed E-state index contributed by atoms with van der Waals surface area (Å²) in [4.78, 5) is 18.4. The largest absolute Gasteiger partial charge is 0.488 e. The first-order valence-electron chi connectivity index (χ1n) is 14.6. The van der Waals surface area contributed by atoms with Crippen LogP contribution in [0.25, 0.3) is 17.1 Å². The van der Waals surface area contributed by atoms with Crippen LogP contribution >= 0.6 is 0 Å². The Morgan fingerprint density at radius 1 is 1.16 bits per heavy atom. The Labute approximate surface area is 253 Å². The summed E-state index contributed by atoms with van der Waals surface area (Å²) in [5.41, 5.74) is 4.55. The smallest absolute Gasteiger partial charge is 0.434 e. The van der Waals surface area contributed by atoms with E-state index in [0.29, 0.717) is 40.4 Å². The van der Waals surface area contributed by atoms with Gasteiger partial charge in [-0.3, -0.25) is 4.90 Å². The maximum Gasteiger partial charge on any atom is 0.434 e. The molecule has 0 bridgehead atoms. The number of halogens is 3. The summed E-state index contributed by atoms with van der Waals surface area (Å²) in [7, 11) is 0. The average molecular weight is 607 g/mol. The number of aromatic nitrogens is 3. The topological polar surface area (TPSA) is 89.7 Å². The SMILES string of the molecule is Cc1ccc(OCc2ccc3c(c2C)CCN(CC2CCOC2)C3)c(-c2cccc(-n3ncc(C(=O)O)c3C(F)(F)F)n2)c1. The third kappa shape index (κ3) is 6.07. The first-order chi connectivity index (χ1) is 21.1. The van der Waals surface area contributed by atoms with E-state index in [9.17, 15) is 23.1 Å². The number of carbonyl (C=O) groups is 1. The van der Waals surface area contributed by atoms with Gasteiger partial charge in [0.2, 0.25) is 0 Å². The van der Waals surface area contributed by atoms with Crippen molar-refractivity contribution in [3.05, 3.63) is 93.8 Å². The fraction of sp³-hybridized carbons (Fsp3) is 0.364.